The van der Waals surface area contributed by atoms with Gasteiger partial charge in [0.2, 0.25) is 5.16 Å². The third-order valence-corrected chi connectivity index (χ3v) is 5.15. The van der Waals surface area contributed by atoms with E-state index in [0.717, 1.165) is 21.8 Å². The molecule has 3 rings (SSSR count). The molecule has 3 amide bonds. The van der Waals surface area contributed by atoms with E-state index in [2.05, 4.69) is 15.5 Å². The molecule has 3 aromatic rings. The largest absolute Gasteiger partial charge is 0.506 e. The van der Waals surface area contributed by atoms with Gasteiger partial charge in [-0.1, -0.05) is 24.3 Å². The molecular formula is C17H17N7O5S. The Morgan fingerprint density at radius 3 is 2.43 bits per heavy atom. The lowest BCUT2D eigenvalue weighted by Gasteiger charge is -2.26. The van der Waals surface area contributed by atoms with Gasteiger partial charge in [0.05, 0.1) is 5.56 Å². The monoisotopic (exact) mass is 431 g/mol. The Balaban J connectivity index is 1.83. The number of benzene rings is 2. The molecular weight excluding hydrogens is 414 g/mol. The lowest BCUT2D eigenvalue weighted by atomic mass is 10.0. The maximum absolute atomic E-state index is 12.6. The van der Waals surface area contributed by atoms with E-state index in [-0.39, 0.29) is 27.6 Å². The zero-order valence-electron chi connectivity index (χ0n) is 16.1. The van der Waals surface area contributed by atoms with Crippen LogP contribution >= 0.6 is 11.8 Å². The van der Waals surface area contributed by atoms with Crippen LogP contribution in [-0.2, 0) is 7.05 Å². The van der Waals surface area contributed by atoms with Crippen molar-refractivity contribution in [1.29, 1.82) is 0 Å². The molecule has 3 N–H and O–H groups in total. The van der Waals surface area contributed by atoms with E-state index in [1.54, 1.807) is 31.3 Å². The second kappa shape index (κ2) is 8.24. The zero-order chi connectivity index (χ0) is 22.0. The number of carbonyl (C=O) groups excluding carboxylic acids is 3. The van der Waals surface area contributed by atoms with Crippen LogP contribution in [0.1, 0.15) is 10.4 Å². The number of nitrogens with two attached hydrogens (primary N) is 1. The van der Waals surface area contributed by atoms with Gasteiger partial charge in [0.15, 0.2) is 0 Å². The molecule has 0 atom stereocenters. The van der Waals surface area contributed by atoms with Crippen molar-refractivity contribution in [2.45, 2.75) is 5.16 Å². The lowest BCUT2D eigenvalue weighted by Crippen LogP contribution is -2.44. The normalized spacial score (nSPS) is 10.6. The molecule has 1 heterocycles. The predicted octanol–water partition coefficient (Wildman–Crippen LogP) is 1.36. The number of aromatic hydroxyl groups is 1. The first-order chi connectivity index (χ1) is 14.2. The van der Waals surface area contributed by atoms with Gasteiger partial charge in [-0.05, 0) is 16.5 Å². The van der Waals surface area contributed by atoms with Crippen LogP contribution in [0.3, 0.4) is 0 Å². The smallest absolute Gasteiger partial charge is 0.434 e. The molecule has 30 heavy (non-hydrogen) atoms. The number of hydrogen-bond acceptors (Lipinski definition) is 9. The Bertz CT molecular complexity index is 1150. The number of phenols is 1. The quantitative estimate of drug-likeness (QED) is 0.461. The molecule has 0 aliphatic carbocycles. The molecule has 1 aromatic heterocycles. The average molecular weight is 431 g/mol. The lowest BCUT2D eigenvalue weighted by molar-refractivity contribution is 0.0729. The number of thioether (sulfide) groups is 1. The zero-order valence-corrected chi connectivity index (χ0v) is 17.0. The van der Waals surface area contributed by atoms with Crippen LogP contribution in [0.25, 0.3) is 10.8 Å². The summed E-state index contributed by atoms with van der Waals surface area (Å²) in [6.45, 7) is 0. The van der Waals surface area contributed by atoms with Crippen molar-refractivity contribution in [3.8, 4) is 11.5 Å². The number of amides is 3. The fourth-order valence-corrected chi connectivity index (χ4v) is 3.11. The van der Waals surface area contributed by atoms with Crippen molar-refractivity contribution in [3.63, 3.8) is 0 Å². The number of tetrazole rings is 1. The number of rotatable bonds is 3. The molecule has 0 spiro atoms. The van der Waals surface area contributed by atoms with Gasteiger partial charge < -0.3 is 15.6 Å². The summed E-state index contributed by atoms with van der Waals surface area (Å²) in [6, 6.07) is 7.66. The first kappa shape index (κ1) is 20.9. The molecule has 2 aromatic carbocycles. The van der Waals surface area contributed by atoms with Crippen LogP contribution in [0, 0.1) is 0 Å². The minimum atomic E-state index is -0.909. The van der Waals surface area contributed by atoms with E-state index in [9.17, 15) is 19.5 Å². The van der Waals surface area contributed by atoms with E-state index in [1.165, 1.54) is 24.8 Å². The molecule has 0 radical (unpaired) electrons. The summed E-state index contributed by atoms with van der Waals surface area (Å²) in [7, 11) is 4.26. The van der Waals surface area contributed by atoms with Gasteiger partial charge in [0.25, 0.3) is 5.91 Å². The molecule has 0 fully saturated rings. The van der Waals surface area contributed by atoms with E-state index in [4.69, 9.17) is 10.5 Å². The Labute approximate surface area is 174 Å². The summed E-state index contributed by atoms with van der Waals surface area (Å²) in [4.78, 5) is 36.7. The molecule has 156 valence electrons. The van der Waals surface area contributed by atoms with Crippen LogP contribution in [0.2, 0.25) is 0 Å². The number of primary amides is 1. The van der Waals surface area contributed by atoms with Crippen LogP contribution in [-0.4, -0.2) is 66.7 Å². The third-order valence-electron chi connectivity index (χ3n) is 4.18. The Kier molecular flexibility index (Phi) is 5.73. The SMILES string of the molecule is CN(C(=O)Oc1cc(C(N)=O)c(O)c2ccccc12)N(C)C(=O)Sc1nnnn1C. The standard InChI is InChI=1S/C17H17N7O5S/c1-22-15(19-20-21-22)30-17(28)24(3)23(2)16(27)29-12-8-11(14(18)26)13(25)10-7-5-4-6-9(10)12/h4-8,25H,1-3H3,(H2,18,26). The van der Waals surface area contributed by atoms with Gasteiger partial charge in [-0.2, -0.15) is 0 Å². The number of ether oxygens (including phenoxy) is 1. The predicted molar refractivity (Wildman–Crippen MR) is 106 cm³/mol. The Morgan fingerprint density at radius 2 is 1.83 bits per heavy atom. The van der Waals surface area contributed by atoms with Crippen LogP contribution in [0.5, 0.6) is 11.5 Å². The highest BCUT2D eigenvalue weighted by atomic mass is 32.2. The number of aryl methyl sites for hydroxylation is 1. The van der Waals surface area contributed by atoms with Gasteiger partial charge in [0, 0.05) is 43.7 Å². The number of hydrazine groups is 1. The van der Waals surface area contributed by atoms with Crippen LogP contribution in [0.4, 0.5) is 9.59 Å². The van der Waals surface area contributed by atoms with E-state index < -0.39 is 17.2 Å². The fraction of sp³-hybridized carbons (Fsp3) is 0.176. The fourth-order valence-electron chi connectivity index (χ4n) is 2.46. The summed E-state index contributed by atoms with van der Waals surface area (Å²) in [5, 5.41) is 23.3. The minimum Gasteiger partial charge on any atom is -0.506 e. The van der Waals surface area contributed by atoms with Crippen LogP contribution in [0.15, 0.2) is 35.5 Å². The highest BCUT2D eigenvalue weighted by Crippen LogP contribution is 2.36. The van der Waals surface area contributed by atoms with E-state index in [1.807, 2.05) is 0 Å². The number of carbonyl (C=O) groups is 3. The van der Waals surface area contributed by atoms with Crippen molar-refractivity contribution in [1.82, 2.24) is 30.2 Å². The number of fused-ring (bicyclic) bond motifs is 1. The van der Waals surface area contributed by atoms with Crippen molar-refractivity contribution in [3.05, 3.63) is 35.9 Å². The topological polar surface area (TPSA) is 157 Å². The Morgan fingerprint density at radius 1 is 1.17 bits per heavy atom. The van der Waals surface area contributed by atoms with Gasteiger partial charge in [-0.15, -0.1) is 5.10 Å². The average Bonchev–Trinajstić information content (AvgIpc) is 3.13. The maximum atomic E-state index is 12.6. The van der Waals surface area contributed by atoms with Crippen molar-refractivity contribution >= 4 is 39.8 Å². The first-order valence-corrected chi connectivity index (χ1v) is 9.20. The summed E-state index contributed by atoms with van der Waals surface area (Å²) < 4.78 is 6.69. The summed E-state index contributed by atoms with van der Waals surface area (Å²) in [6.07, 6.45) is -0.909. The first-order valence-electron chi connectivity index (χ1n) is 8.38. The summed E-state index contributed by atoms with van der Waals surface area (Å²) >= 11 is 0.718. The van der Waals surface area contributed by atoms with Crippen molar-refractivity contribution < 1.29 is 24.2 Å². The maximum Gasteiger partial charge on any atom is 0.434 e. The Hall–Kier alpha value is -3.87. The minimum absolute atomic E-state index is 0.0000493. The summed E-state index contributed by atoms with van der Waals surface area (Å²) in [5.74, 6) is -1.20. The second-order valence-electron chi connectivity index (χ2n) is 6.05. The molecule has 0 aliphatic rings. The molecule has 0 unspecified atom stereocenters. The molecule has 12 nitrogen and oxygen atoms in total. The molecule has 0 bridgehead atoms. The van der Waals surface area contributed by atoms with Gasteiger partial charge >= 0.3 is 11.3 Å². The van der Waals surface area contributed by atoms with Crippen molar-refractivity contribution in [2.75, 3.05) is 14.1 Å². The van der Waals surface area contributed by atoms with E-state index >= 15 is 0 Å². The van der Waals surface area contributed by atoms with Gasteiger partial charge in [-0.25, -0.2) is 19.5 Å². The third kappa shape index (κ3) is 3.96. The molecule has 13 heteroatoms. The van der Waals surface area contributed by atoms with Crippen molar-refractivity contribution in [2.24, 2.45) is 12.8 Å². The van der Waals surface area contributed by atoms with Gasteiger partial charge in [0.1, 0.15) is 11.5 Å². The summed E-state index contributed by atoms with van der Waals surface area (Å²) in [5.41, 5.74) is 5.11. The molecule has 0 aliphatic heterocycles. The molecule has 0 saturated heterocycles. The second-order valence-corrected chi connectivity index (χ2v) is 6.97. The van der Waals surface area contributed by atoms with Crippen LogP contribution < -0.4 is 10.5 Å². The number of hydrogen-bond donors (Lipinski definition) is 2. The highest BCUT2D eigenvalue weighted by molar-refractivity contribution is 8.13. The molecule has 0 saturated carbocycles. The number of aromatic nitrogens is 4. The van der Waals surface area contributed by atoms with Gasteiger partial charge in [-0.3, -0.25) is 9.59 Å². The van der Waals surface area contributed by atoms with E-state index in [0.29, 0.717) is 5.39 Å². The highest BCUT2D eigenvalue weighted by Gasteiger charge is 2.25. The number of nitrogens with zero attached hydrogens (tertiary/aromatic N) is 6.